The molecule has 1 aliphatic rings. The Bertz CT molecular complexity index is 1240. The summed E-state index contributed by atoms with van der Waals surface area (Å²) in [5.41, 5.74) is 4.22. The molecule has 1 heterocycles. The Kier molecular flexibility index (Phi) is 8.18. The number of benzene rings is 2. The minimum Gasteiger partial charge on any atom is -0.508 e. The number of ether oxygens (including phenoxy) is 1. The van der Waals surface area contributed by atoms with Crippen molar-refractivity contribution in [2.75, 3.05) is 0 Å². The average Bonchev–Trinajstić information content (AvgIpc) is 2.77. The second-order valence-corrected chi connectivity index (χ2v) is 10.1. The van der Waals surface area contributed by atoms with Crippen LogP contribution in [-0.4, -0.2) is 26.2 Å². The summed E-state index contributed by atoms with van der Waals surface area (Å²) in [6.07, 6.45) is 4.37. The van der Waals surface area contributed by atoms with E-state index < -0.39 is 6.10 Å². The van der Waals surface area contributed by atoms with Crippen LogP contribution in [0.5, 0.6) is 28.7 Å². The Morgan fingerprint density at radius 2 is 1.69 bits per heavy atom. The van der Waals surface area contributed by atoms with Gasteiger partial charge in [-0.25, -0.2) is 0 Å². The van der Waals surface area contributed by atoms with E-state index in [1.54, 1.807) is 0 Å². The second kappa shape index (κ2) is 10.9. The molecule has 192 valence electrons. The van der Waals surface area contributed by atoms with E-state index >= 15 is 0 Å². The zero-order valence-electron chi connectivity index (χ0n) is 21.7. The molecule has 0 fully saturated rings. The van der Waals surface area contributed by atoms with Crippen LogP contribution in [0.1, 0.15) is 80.6 Å². The molecule has 3 rings (SSSR count). The van der Waals surface area contributed by atoms with Crippen LogP contribution in [0.2, 0.25) is 0 Å². The van der Waals surface area contributed by atoms with Crippen LogP contribution >= 0.6 is 0 Å². The van der Waals surface area contributed by atoms with Crippen LogP contribution in [0.4, 0.5) is 0 Å². The number of ketones is 1. The third-order valence-electron chi connectivity index (χ3n) is 6.54. The summed E-state index contributed by atoms with van der Waals surface area (Å²) in [4.78, 5) is 13.4. The summed E-state index contributed by atoms with van der Waals surface area (Å²) < 4.78 is 6.25. The molecule has 4 N–H and O–H groups in total. The smallest absolute Gasteiger partial charge is 0.174 e. The number of hydrogen-bond acceptors (Lipinski definition) is 6. The normalized spacial score (nSPS) is 15.5. The maximum atomic E-state index is 13.4. The van der Waals surface area contributed by atoms with Gasteiger partial charge in [-0.15, -0.1) is 0 Å². The summed E-state index contributed by atoms with van der Waals surface area (Å²) in [6.45, 7) is 13.9. The van der Waals surface area contributed by atoms with Gasteiger partial charge in [0.05, 0.1) is 6.42 Å². The van der Waals surface area contributed by atoms with Crippen molar-refractivity contribution >= 4 is 5.78 Å². The molecule has 36 heavy (non-hydrogen) atoms. The lowest BCUT2D eigenvalue weighted by molar-refractivity contribution is 0.0838. The maximum absolute atomic E-state index is 13.4. The van der Waals surface area contributed by atoms with Crippen LogP contribution in [0.25, 0.3) is 0 Å². The first-order valence-corrected chi connectivity index (χ1v) is 12.1. The minimum atomic E-state index is -0.840. The van der Waals surface area contributed by atoms with Gasteiger partial charge in [-0.1, -0.05) is 35.5 Å². The van der Waals surface area contributed by atoms with Crippen molar-refractivity contribution in [1.82, 2.24) is 0 Å². The third kappa shape index (κ3) is 5.76. The third-order valence-corrected chi connectivity index (χ3v) is 6.54. The first-order valence-electron chi connectivity index (χ1n) is 12.1. The number of phenolic OH excluding ortho intramolecular Hbond substituents is 4. The zero-order chi connectivity index (χ0) is 26.7. The van der Waals surface area contributed by atoms with Gasteiger partial charge < -0.3 is 25.2 Å². The van der Waals surface area contributed by atoms with Crippen molar-refractivity contribution in [3.05, 3.63) is 75.9 Å². The summed E-state index contributed by atoms with van der Waals surface area (Å²) in [5.74, 6) is -0.937. The van der Waals surface area contributed by atoms with E-state index in [-0.39, 0.29) is 64.4 Å². The predicted molar refractivity (Wildman–Crippen MR) is 141 cm³/mol. The van der Waals surface area contributed by atoms with Crippen molar-refractivity contribution < 1.29 is 30.0 Å². The molecule has 2 aromatic rings. The van der Waals surface area contributed by atoms with Crippen molar-refractivity contribution in [2.45, 2.75) is 66.4 Å². The van der Waals surface area contributed by atoms with E-state index in [0.717, 1.165) is 16.7 Å². The molecule has 0 aliphatic carbocycles. The maximum Gasteiger partial charge on any atom is 0.174 e. The van der Waals surface area contributed by atoms with Gasteiger partial charge in [-0.2, -0.15) is 0 Å². The van der Waals surface area contributed by atoms with Gasteiger partial charge >= 0.3 is 0 Å². The minimum absolute atomic E-state index is 0.0306. The highest BCUT2D eigenvalue weighted by Crippen LogP contribution is 2.50. The molecule has 0 bridgehead atoms. The molecular formula is C30H36O6. The monoisotopic (exact) mass is 492 g/mol. The summed E-state index contributed by atoms with van der Waals surface area (Å²) in [6, 6.07) is 4.10. The number of fused-ring (bicyclic) bond motifs is 1. The molecule has 0 saturated carbocycles. The van der Waals surface area contributed by atoms with Crippen LogP contribution in [0.3, 0.4) is 0 Å². The fourth-order valence-electron chi connectivity index (χ4n) is 4.40. The topological polar surface area (TPSA) is 107 Å². The standard InChI is InChI=1S/C30H36O6/c1-16(2)7-9-19(18(5)6)13-23-28(34)22(11-8-17(3)4)29(35)27-25(33)15-26(36-30(23)27)21-12-10-20(31)14-24(21)32/h7-8,10,12,14,19,26,31-32,34-35H,5,9,11,13,15H2,1-4,6H3/t19?,26-/m0/s1. The Morgan fingerprint density at radius 3 is 2.28 bits per heavy atom. The molecule has 0 spiro atoms. The Balaban J connectivity index is 2.19. The van der Waals surface area contributed by atoms with Crippen LogP contribution in [0.15, 0.2) is 53.6 Å². The number of rotatable bonds is 8. The Morgan fingerprint density at radius 1 is 1.03 bits per heavy atom. The Labute approximate surface area is 212 Å². The number of hydrogen-bond donors (Lipinski definition) is 4. The molecular weight excluding hydrogens is 456 g/mol. The van der Waals surface area contributed by atoms with E-state index in [1.165, 1.54) is 18.2 Å². The number of Topliss-reactive ketones (excluding diaryl/α,β-unsaturated/α-hetero) is 1. The fraction of sp³-hybridized carbons (Fsp3) is 0.367. The van der Waals surface area contributed by atoms with E-state index in [9.17, 15) is 25.2 Å². The number of allylic oxidation sites excluding steroid dienone is 5. The first-order chi connectivity index (χ1) is 16.9. The van der Waals surface area contributed by atoms with Gasteiger partial charge in [-0.3, -0.25) is 4.79 Å². The van der Waals surface area contributed by atoms with Gasteiger partial charge in [0.15, 0.2) is 5.78 Å². The molecule has 2 aromatic carbocycles. The molecule has 0 saturated heterocycles. The molecule has 0 radical (unpaired) electrons. The van der Waals surface area contributed by atoms with Crippen LogP contribution < -0.4 is 4.74 Å². The number of aromatic hydroxyl groups is 4. The van der Waals surface area contributed by atoms with E-state index in [0.29, 0.717) is 24.0 Å². The predicted octanol–water partition coefficient (Wildman–Crippen LogP) is 6.82. The number of carbonyl (C=O) groups excluding carboxylic acids is 1. The Hall–Kier alpha value is -3.67. The molecule has 2 atom stereocenters. The first kappa shape index (κ1) is 26.9. The van der Waals surface area contributed by atoms with Gasteiger partial charge in [0, 0.05) is 22.8 Å². The van der Waals surface area contributed by atoms with Crippen molar-refractivity contribution in [1.29, 1.82) is 0 Å². The van der Waals surface area contributed by atoms with Gasteiger partial charge in [0.1, 0.15) is 40.4 Å². The van der Waals surface area contributed by atoms with Crippen molar-refractivity contribution in [3.63, 3.8) is 0 Å². The molecule has 0 amide bonds. The van der Waals surface area contributed by atoms with Crippen molar-refractivity contribution in [2.24, 2.45) is 5.92 Å². The highest BCUT2D eigenvalue weighted by Gasteiger charge is 2.37. The lowest BCUT2D eigenvalue weighted by Crippen LogP contribution is -2.23. The molecule has 1 unspecified atom stereocenters. The van der Waals surface area contributed by atoms with Crippen LogP contribution in [0, 0.1) is 5.92 Å². The second-order valence-electron chi connectivity index (χ2n) is 10.1. The van der Waals surface area contributed by atoms with Crippen molar-refractivity contribution in [3.8, 4) is 28.7 Å². The van der Waals surface area contributed by atoms with Gasteiger partial charge in [0.25, 0.3) is 0 Å². The SMILES string of the molecule is C=C(C)C(CC=C(C)C)Cc1c(O)c(CC=C(C)C)c(O)c2c1O[C@H](c1ccc(O)cc1O)CC2=O. The largest absolute Gasteiger partial charge is 0.508 e. The molecule has 1 aliphatic heterocycles. The van der Waals surface area contributed by atoms with E-state index in [1.807, 2.05) is 40.7 Å². The average molecular weight is 493 g/mol. The highest BCUT2D eigenvalue weighted by atomic mass is 16.5. The highest BCUT2D eigenvalue weighted by molar-refractivity contribution is 6.04. The van der Waals surface area contributed by atoms with Gasteiger partial charge in [0.2, 0.25) is 0 Å². The molecule has 0 aromatic heterocycles. The fourth-order valence-corrected chi connectivity index (χ4v) is 4.40. The lowest BCUT2D eigenvalue weighted by atomic mass is 9.84. The molecule has 6 nitrogen and oxygen atoms in total. The number of carbonyl (C=O) groups is 1. The lowest BCUT2D eigenvalue weighted by Gasteiger charge is -2.31. The number of phenols is 4. The zero-order valence-corrected chi connectivity index (χ0v) is 21.7. The van der Waals surface area contributed by atoms with Gasteiger partial charge in [-0.05, 0) is 71.9 Å². The summed E-state index contributed by atoms with van der Waals surface area (Å²) >= 11 is 0. The molecule has 6 heteroatoms. The van der Waals surface area contributed by atoms with E-state index in [4.69, 9.17) is 4.74 Å². The van der Waals surface area contributed by atoms with Crippen LogP contribution in [-0.2, 0) is 12.8 Å². The quantitative estimate of drug-likeness (QED) is 0.301. The summed E-state index contributed by atoms with van der Waals surface area (Å²) in [7, 11) is 0. The van der Waals surface area contributed by atoms with E-state index in [2.05, 4.69) is 12.7 Å². The summed E-state index contributed by atoms with van der Waals surface area (Å²) in [5, 5.41) is 42.5.